The van der Waals surface area contributed by atoms with Gasteiger partial charge < -0.3 is 11.1 Å². The van der Waals surface area contributed by atoms with Crippen LogP contribution in [0.1, 0.15) is 5.82 Å². The average Bonchev–Trinajstić information content (AvgIpc) is 2.22. The maximum Gasteiger partial charge on any atom is 0.136 e. The molecule has 0 amide bonds. The van der Waals surface area contributed by atoms with Gasteiger partial charge in [-0.25, -0.2) is 9.97 Å². The minimum Gasteiger partial charge on any atom is -0.384 e. The zero-order valence-corrected chi connectivity index (χ0v) is 12.2. The van der Waals surface area contributed by atoms with Crippen molar-refractivity contribution in [1.29, 1.82) is 0 Å². The van der Waals surface area contributed by atoms with E-state index in [1.165, 1.54) is 0 Å². The number of rotatable bonds is 2. The molecule has 0 atom stereocenters. The maximum absolute atomic E-state index is 5.67. The van der Waals surface area contributed by atoms with E-state index in [0.717, 1.165) is 14.6 Å². The van der Waals surface area contributed by atoms with Gasteiger partial charge in [0, 0.05) is 15.0 Å². The second-order valence-corrected chi connectivity index (χ2v) is 5.16. The summed E-state index contributed by atoms with van der Waals surface area (Å²) >= 11 is 6.95. The number of nitrogens with two attached hydrogens (primary N) is 1. The highest BCUT2D eigenvalue weighted by atomic mass is 79.9. The summed E-state index contributed by atoms with van der Waals surface area (Å²) < 4.78 is 1.89. The van der Waals surface area contributed by atoms with E-state index in [2.05, 4.69) is 47.1 Å². The third kappa shape index (κ3) is 2.95. The van der Waals surface area contributed by atoms with Crippen LogP contribution in [0.2, 0.25) is 0 Å². The first kappa shape index (κ1) is 12.3. The summed E-state index contributed by atoms with van der Waals surface area (Å²) in [5.74, 6) is 1.75. The second kappa shape index (κ2) is 5.01. The number of nitrogen functional groups attached to an aromatic ring is 1. The molecule has 0 fully saturated rings. The number of benzene rings is 1. The first-order valence-corrected chi connectivity index (χ1v) is 6.47. The third-order valence-corrected chi connectivity index (χ3v) is 3.40. The molecule has 2 aromatic rings. The fourth-order valence-corrected chi connectivity index (χ4v) is 2.60. The Labute approximate surface area is 116 Å². The van der Waals surface area contributed by atoms with Crippen LogP contribution >= 0.6 is 31.9 Å². The monoisotopic (exact) mass is 356 g/mol. The number of nitrogens with one attached hydrogen (secondary N) is 1. The van der Waals surface area contributed by atoms with E-state index in [1.807, 2.05) is 18.2 Å². The van der Waals surface area contributed by atoms with Crippen LogP contribution in [0.25, 0.3) is 0 Å². The van der Waals surface area contributed by atoms with Crippen LogP contribution in [0.15, 0.2) is 33.2 Å². The highest BCUT2D eigenvalue weighted by Gasteiger charge is 2.06. The van der Waals surface area contributed by atoms with E-state index in [9.17, 15) is 0 Å². The van der Waals surface area contributed by atoms with Crippen molar-refractivity contribution in [1.82, 2.24) is 9.97 Å². The van der Waals surface area contributed by atoms with Gasteiger partial charge in [-0.2, -0.15) is 0 Å². The molecule has 0 saturated heterocycles. The number of halogens is 2. The molecule has 0 bridgehead atoms. The van der Waals surface area contributed by atoms with E-state index in [4.69, 9.17) is 5.73 Å². The zero-order chi connectivity index (χ0) is 12.4. The predicted molar refractivity (Wildman–Crippen MR) is 76.3 cm³/mol. The van der Waals surface area contributed by atoms with Crippen LogP contribution in [0.5, 0.6) is 0 Å². The molecule has 17 heavy (non-hydrogen) atoms. The molecule has 88 valence electrons. The van der Waals surface area contributed by atoms with Crippen molar-refractivity contribution in [3.63, 3.8) is 0 Å². The smallest absolute Gasteiger partial charge is 0.136 e. The molecule has 3 N–H and O–H groups in total. The summed E-state index contributed by atoms with van der Waals surface area (Å²) in [7, 11) is 0. The van der Waals surface area contributed by atoms with E-state index >= 15 is 0 Å². The lowest BCUT2D eigenvalue weighted by atomic mass is 10.3. The molecule has 0 spiro atoms. The SMILES string of the molecule is Cc1nc(N)cc(Nc2c(Br)cccc2Br)n1. The van der Waals surface area contributed by atoms with Gasteiger partial charge in [0.15, 0.2) is 0 Å². The molecule has 0 aliphatic carbocycles. The Kier molecular flexibility index (Phi) is 3.63. The number of hydrogen-bond acceptors (Lipinski definition) is 4. The molecule has 0 aliphatic heterocycles. The van der Waals surface area contributed by atoms with Crippen molar-refractivity contribution in [2.24, 2.45) is 0 Å². The number of para-hydroxylation sites is 1. The van der Waals surface area contributed by atoms with E-state index in [1.54, 1.807) is 13.0 Å². The Morgan fingerprint density at radius 1 is 1.18 bits per heavy atom. The minimum absolute atomic E-state index is 0.447. The van der Waals surface area contributed by atoms with Crippen molar-refractivity contribution < 1.29 is 0 Å². The molecule has 2 rings (SSSR count). The van der Waals surface area contributed by atoms with Crippen LogP contribution in [-0.4, -0.2) is 9.97 Å². The quantitative estimate of drug-likeness (QED) is 0.861. The molecule has 0 aliphatic rings. The standard InChI is InChI=1S/C11H10Br2N4/c1-6-15-9(14)5-10(16-6)17-11-7(12)3-2-4-8(11)13/h2-5H,1H3,(H3,14,15,16,17). The Hall–Kier alpha value is -1.14. The molecule has 0 unspecified atom stereocenters. The molecule has 1 heterocycles. The van der Waals surface area contributed by atoms with Gasteiger partial charge in [-0.05, 0) is 50.9 Å². The number of hydrogen-bond donors (Lipinski definition) is 2. The Balaban J connectivity index is 2.38. The number of aromatic nitrogens is 2. The van der Waals surface area contributed by atoms with Crippen LogP contribution in [0.3, 0.4) is 0 Å². The van der Waals surface area contributed by atoms with Crippen LogP contribution in [0, 0.1) is 6.92 Å². The normalized spacial score (nSPS) is 10.3. The van der Waals surface area contributed by atoms with Gasteiger partial charge in [-0.3, -0.25) is 0 Å². The van der Waals surface area contributed by atoms with Gasteiger partial charge in [0.05, 0.1) is 5.69 Å². The highest BCUT2D eigenvalue weighted by Crippen LogP contribution is 2.32. The molecule has 0 saturated carbocycles. The lowest BCUT2D eigenvalue weighted by molar-refractivity contribution is 1.06. The third-order valence-electron chi connectivity index (χ3n) is 2.07. The Morgan fingerprint density at radius 2 is 1.82 bits per heavy atom. The summed E-state index contributed by atoms with van der Waals surface area (Å²) in [6.45, 7) is 1.80. The number of aryl methyl sites for hydroxylation is 1. The van der Waals surface area contributed by atoms with Gasteiger partial charge in [0.25, 0.3) is 0 Å². The van der Waals surface area contributed by atoms with E-state index < -0.39 is 0 Å². The molecular weight excluding hydrogens is 348 g/mol. The van der Waals surface area contributed by atoms with Crippen LogP contribution in [0.4, 0.5) is 17.3 Å². The first-order valence-electron chi connectivity index (χ1n) is 4.88. The van der Waals surface area contributed by atoms with Gasteiger partial charge in [-0.1, -0.05) is 6.07 Å². The van der Waals surface area contributed by atoms with Crippen molar-refractivity contribution in [2.75, 3.05) is 11.1 Å². The fourth-order valence-electron chi connectivity index (χ4n) is 1.40. The summed E-state index contributed by atoms with van der Waals surface area (Å²) in [6, 6.07) is 7.53. The minimum atomic E-state index is 0.447. The summed E-state index contributed by atoms with van der Waals surface area (Å²) in [5, 5.41) is 3.20. The van der Waals surface area contributed by atoms with Gasteiger partial charge in [-0.15, -0.1) is 0 Å². The maximum atomic E-state index is 5.67. The summed E-state index contributed by atoms with van der Waals surface area (Å²) in [6.07, 6.45) is 0. The second-order valence-electron chi connectivity index (χ2n) is 3.45. The molecular formula is C11H10Br2N4. The van der Waals surface area contributed by atoms with E-state index in [0.29, 0.717) is 17.5 Å². The Bertz CT molecular complexity index is 517. The lowest BCUT2D eigenvalue weighted by Gasteiger charge is -2.10. The van der Waals surface area contributed by atoms with E-state index in [-0.39, 0.29) is 0 Å². The topological polar surface area (TPSA) is 63.8 Å². The van der Waals surface area contributed by atoms with Crippen molar-refractivity contribution in [2.45, 2.75) is 6.92 Å². The van der Waals surface area contributed by atoms with Gasteiger partial charge in [0.2, 0.25) is 0 Å². The van der Waals surface area contributed by atoms with Crippen molar-refractivity contribution in [3.05, 3.63) is 39.0 Å². The molecule has 1 aromatic carbocycles. The summed E-state index contributed by atoms with van der Waals surface area (Å²) in [5.41, 5.74) is 6.58. The fraction of sp³-hybridized carbons (Fsp3) is 0.0909. The highest BCUT2D eigenvalue weighted by molar-refractivity contribution is 9.11. The summed E-state index contributed by atoms with van der Waals surface area (Å²) in [4.78, 5) is 8.29. The largest absolute Gasteiger partial charge is 0.384 e. The Morgan fingerprint density at radius 3 is 2.41 bits per heavy atom. The van der Waals surface area contributed by atoms with Crippen LogP contribution < -0.4 is 11.1 Å². The van der Waals surface area contributed by atoms with Gasteiger partial charge >= 0.3 is 0 Å². The van der Waals surface area contributed by atoms with Crippen molar-refractivity contribution in [3.8, 4) is 0 Å². The lowest BCUT2D eigenvalue weighted by Crippen LogP contribution is -2.01. The zero-order valence-electron chi connectivity index (χ0n) is 9.04. The molecule has 4 nitrogen and oxygen atoms in total. The molecule has 6 heteroatoms. The van der Waals surface area contributed by atoms with Gasteiger partial charge in [0.1, 0.15) is 17.5 Å². The van der Waals surface area contributed by atoms with Crippen molar-refractivity contribution >= 4 is 49.2 Å². The average molecular weight is 358 g/mol. The molecule has 0 radical (unpaired) electrons. The number of nitrogens with zero attached hydrogens (tertiary/aromatic N) is 2. The van der Waals surface area contributed by atoms with Crippen LogP contribution in [-0.2, 0) is 0 Å². The number of anilines is 3. The predicted octanol–water partition coefficient (Wildman–Crippen LogP) is 3.64. The first-order chi connectivity index (χ1) is 8.06. The molecule has 1 aromatic heterocycles.